The van der Waals surface area contributed by atoms with Crippen LogP contribution in [-0.4, -0.2) is 15.7 Å². The Kier molecular flexibility index (Phi) is 3.37. The van der Waals surface area contributed by atoms with Crippen LogP contribution in [0.2, 0.25) is 0 Å². The summed E-state index contributed by atoms with van der Waals surface area (Å²) in [4.78, 5) is 17.5. The van der Waals surface area contributed by atoms with E-state index in [9.17, 15) is 4.79 Å². The van der Waals surface area contributed by atoms with E-state index in [4.69, 9.17) is 4.74 Å². The van der Waals surface area contributed by atoms with Gasteiger partial charge in [0.1, 0.15) is 11.9 Å². The molecule has 3 heterocycles. The van der Waals surface area contributed by atoms with Crippen molar-refractivity contribution in [1.29, 1.82) is 0 Å². The Morgan fingerprint density at radius 1 is 1.22 bits per heavy atom. The summed E-state index contributed by atoms with van der Waals surface area (Å²) in [5.74, 6) is 0.726. The van der Waals surface area contributed by atoms with Crippen molar-refractivity contribution in [2.24, 2.45) is 0 Å². The molecule has 4 heteroatoms. The van der Waals surface area contributed by atoms with Crippen LogP contribution in [-0.2, 0) is 6.42 Å². The topological polar surface area (TPSA) is 44.1 Å². The standard InChI is InChI=1S/C19H18N2O2/c1-2-7-14-12-16-17(23-14)15-10-6-11-20-18(15)21(19(16)22)13-8-4-3-5-9-13/h3-6,8-11,14H,2,7,12H2,1H3. The molecule has 3 aromatic rings. The zero-order valence-corrected chi connectivity index (χ0v) is 13.0. The first-order valence-electron chi connectivity index (χ1n) is 8.04. The largest absolute Gasteiger partial charge is 0.489 e. The first-order valence-corrected chi connectivity index (χ1v) is 8.04. The molecule has 23 heavy (non-hydrogen) atoms. The first-order chi connectivity index (χ1) is 11.3. The van der Waals surface area contributed by atoms with E-state index in [-0.39, 0.29) is 11.7 Å². The molecule has 4 nitrogen and oxygen atoms in total. The molecule has 0 radical (unpaired) electrons. The highest BCUT2D eigenvalue weighted by molar-refractivity contribution is 5.85. The van der Waals surface area contributed by atoms with E-state index in [0.717, 1.165) is 35.2 Å². The third-order valence-electron chi connectivity index (χ3n) is 4.32. The molecule has 1 atom stereocenters. The molecule has 0 aliphatic carbocycles. The maximum Gasteiger partial charge on any atom is 0.263 e. The average molecular weight is 306 g/mol. The van der Waals surface area contributed by atoms with Gasteiger partial charge in [-0.2, -0.15) is 0 Å². The van der Waals surface area contributed by atoms with Gasteiger partial charge in [-0.1, -0.05) is 31.5 Å². The van der Waals surface area contributed by atoms with Gasteiger partial charge in [0, 0.05) is 12.6 Å². The van der Waals surface area contributed by atoms with Crippen LogP contribution < -0.4 is 10.3 Å². The van der Waals surface area contributed by atoms with E-state index in [2.05, 4.69) is 11.9 Å². The minimum Gasteiger partial charge on any atom is -0.489 e. The Balaban J connectivity index is 2.01. The second kappa shape index (κ2) is 5.54. The minimum absolute atomic E-state index is 0.0176. The van der Waals surface area contributed by atoms with Crippen molar-refractivity contribution in [2.75, 3.05) is 0 Å². The van der Waals surface area contributed by atoms with Gasteiger partial charge in [-0.05, 0) is 30.7 Å². The van der Waals surface area contributed by atoms with Crippen LogP contribution in [0.3, 0.4) is 0 Å². The van der Waals surface area contributed by atoms with Crippen LogP contribution in [0.4, 0.5) is 0 Å². The van der Waals surface area contributed by atoms with Crippen molar-refractivity contribution in [2.45, 2.75) is 32.3 Å². The average Bonchev–Trinajstić information content (AvgIpc) is 3.01. The van der Waals surface area contributed by atoms with Gasteiger partial charge in [0.2, 0.25) is 0 Å². The molecular weight excluding hydrogens is 288 g/mol. The second-order valence-corrected chi connectivity index (χ2v) is 5.89. The molecule has 0 amide bonds. The quantitative estimate of drug-likeness (QED) is 0.744. The molecule has 2 aromatic heterocycles. The lowest BCUT2D eigenvalue weighted by Crippen LogP contribution is -2.23. The number of aromatic nitrogens is 2. The Morgan fingerprint density at radius 3 is 2.83 bits per heavy atom. The molecule has 1 unspecified atom stereocenters. The molecule has 0 fully saturated rings. The minimum atomic E-state index is -0.0176. The van der Waals surface area contributed by atoms with Gasteiger partial charge in [0.15, 0.2) is 5.65 Å². The summed E-state index contributed by atoms with van der Waals surface area (Å²) in [6.07, 6.45) is 4.49. The predicted molar refractivity (Wildman–Crippen MR) is 90.4 cm³/mol. The van der Waals surface area contributed by atoms with Crippen molar-refractivity contribution in [3.8, 4) is 11.4 Å². The number of fused-ring (bicyclic) bond motifs is 3. The zero-order chi connectivity index (χ0) is 15.8. The van der Waals surface area contributed by atoms with Crippen molar-refractivity contribution in [1.82, 2.24) is 9.55 Å². The number of nitrogens with zero attached hydrogens (tertiary/aromatic N) is 2. The van der Waals surface area contributed by atoms with Crippen molar-refractivity contribution in [3.05, 3.63) is 64.6 Å². The highest BCUT2D eigenvalue weighted by atomic mass is 16.5. The molecule has 0 saturated carbocycles. The second-order valence-electron chi connectivity index (χ2n) is 5.89. The molecule has 116 valence electrons. The lowest BCUT2D eigenvalue weighted by Gasteiger charge is -2.13. The Hall–Kier alpha value is -2.62. The summed E-state index contributed by atoms with van der Waals surface area (Å²) >= 11 is 0. The fourth-order valence-corrected chi connectivity index (χ4v) is 3.29. The maximum absolute atomic E-state index is 13.1. The molecule has 0 spiro atoms. The third-order valence-corrected chi connectivity index (χ3v) is 4.32. The fraction of sp³-hybridized carbons (Fsp3) is 0.263. The number of pyridine rings is 2. The third kappa shape index (κ3) is 2.22. The summed E-state index contributed by atoms with van der Waals surface area (Å²) in [5.41, 5.74) is 2.24. The monoisotopic (exact) mass is 306 g/mol. The number of hydrogen-bond acceptors (Lipinski definition) is 3. The van der Waals surface area contributed by atoms with Crippen LogP contribution in [0.25, 0.3) is 16.7 Å². The number of para-hydroxylation sites is 1. The molecule has 0 bridgehead atoms. The summed E-state index contributed by atoms with van der Waals surface area (Å²) in [5, 5.41) is 0.907. The van der Waals surface area contributed by atoms with Gasteiger partial charge < -0.3 is 4.74 Å². The highest BCUT2D eigenvalue weighted by Gasteiger charge is 2.29. The predicted octanol–water partition coefficient (Wildman–Crippen LogP) is 3.49. The van der Waals surface area contributed by atoms with E-state index < -0.39 is 0 Å². The number of hydrogen-bond donors (Lipinski definition) is 0. The lowest BCUT2D eigenvalue weighted by atomic mass is 10.1. The zero-order valence-electron chi connectivity index (χ0n) is 13.0. The molecule has 0 N–H and O–H groups in total. The molecule has 0 saturated heterocycles. The highest BCUT2D eigenvalue weighted by Crippen LogP contribution is 2.35. The summed E-state index contributed by atoms with van der Waals surface area (Å²) < 4.78 is 7.78. The van der Waals surface area contributed by atoms with Crippen molar-refractivity contribution >= 4 is 11.0 Å². The van der Waals surface area contributed by atoms with Crippen LogP contribution >= 0.6 is 0 Å². The van der Waals surface area contributed by atoms with Crippen LogP contribution in [0.1, 0.15) is 25.3 Å². The number of ether oxygens (including phenoxy) is 1. The Bertz CT molecular complexity index is 916. The normalized spacial score (nSPS) is 16.3. The van der Waals surface area contributed by atoms with Crippen LogP contribution in [0.5, 0.6) is 5.75 Å². The van der Waals surface area contributed by atoms with Gasteiger partial charge in [-0.15, -0.1) is 0 Å². The van der Waals surface area contributed by atoms with Crippen LogP contribution in [0.15, 0.2) is 53.5 Å². The van der Waals surface area contributed by atoms with Gasteiger partial charge in [0.05, 0.1) is 16.6 Å². The molecule has 4 rings (SSSR count). The fourth-order valence-electron chi connectivity index (χ4n) is 3.29. The van der Waals surface area contributed by atoms with Gasteiger partial charge in [0.25, 0.3) is 5.56 Å². The van der Waals surface area contributed by atoms with Crippen molar-refractivity contribution in [3.63, 3.8) is 0 Å². The molecule has 1 aliphatic rings. The SMILES string of the molecule is CCCC1Cc2c(c3cccnc3n(-c3ccccc3)c2=O)O1. The van der Waals surface area contributed by atoms with Gasteiger partial charge in [-0.25, -0.2) is 4.98 Å². The van der Waals surface area contributed by atoms with E-state index in [1.54, 1.807) is 10.8 Å². The number of rotatable bonds is 3. The maximum atomic E-state index is 13.1. The molecular formula is C19H18N2O2. The lowest BCUT2D eigenvalue weighted by molar-refractivity contribution is 0.222. The molecule has 1 aromatic carbocycles. The van der Waals surface area contributed by atoms with E-state index >= 15 is 0 Å². The Labute approximate surface area is 134 Å². The van der Waals surface area contributed by atoms with Crippen molar-refractivity contribution < 1.29 is 4.74 Å². The van der Waals surface area contributed by atoms with Gasteiger partial charge in [-0.3, -0.25) is 9.36 Å². The summed E-state index contributed by atoms with van der Waals surface area (Å²) in [6, 6.07) is 13.5. The molecule has 1 aliphatic heterocycles. The summed E-state index contributed by atoms with van der Waals surface area (Å²) in [7, 11) is 0. The smallest absolute Gasteiger partial charge is 0.263 e. The van der Waals surface area contributed by atoms with E-state index in [1.165, 1.54) is 0 Å². The van der Waals surface area contributed by atoms with Gasteiger partial charge >= 0.3 is 0 Å². The van der Waals surface area contributed by atoms with E-state index in [1.807, 2.05) is 42.5 Å². The van der Waals surface area contributed by atoms with E-state index in [0.29, 0.717) is 12.1 Å². The first kappa shape index (κ1) is 14.0. The summed E-state index contributed by atoms with van der Waals surface area (Å²) in [6.45, 7) is 2.13. The number of benzene rings is 1. The van der Waals surface area contributed by atoms with Crippen LogP contribution in [0, 0.1) is 0 Å². The Morgan fingerprint density at radius 2 is 2.04 bits per heavy atom.